The van der Waals surface area contributed by atoms with Crippen molar-refractivity contribution in [1.82, 2.24) is 8.61 Å². The van der Waals surface area contributed by atoms with Crippen molar-refractivity contribution in [1.29, 1.82) is 0 Å². The van der Waals surface area contributed by atoms with Crippen molar-refractivity contribution in [3.05, 3.63) is 0 Å². The van der Waals surface area contributed by atoms with Gasteiger partial charge in [0.15, 0.2) is 0 Å². The molecule has 0 aromatic heterocycles. The molecule has 2 atom stereocenters. The number of aliphatic hydroxyl groups excluding tert-OH is 1. The molecule has 2 heterocycles. The molecule has 2 saturated heterocycles. The van der Waals surface area contributed by atoms with Gasteiger partial charge in [-0.2, -0.15) is 17.0 Å². The first-order chi connectivity index (χ1) is 8.41. The van der Waals surface area contributed by atoms with Crippen LogP contribution in [0.4, 0.5) is 0 Å². The standard InChI is InChI=1S/C10H18N2O5S/c13-9-3-5-12(7-9)18(16,17)11-4-1-2-8(6-11)10(14)15/h8-9,13H,1-7H2,(H,14,15)/t8?,9-/m1/s1. The zero-order valence-corrected chi connectivity index (χ0v) is 10.8. The van der Waals surface area contributed by atoms with Crippen LogP contribution in [0.3, 0.4) is 0 Å². The number of hydrogen-bond donors (Lipinski definition) is 2. The minimum atomic E-state index is -3.62. The highest BCUT2D eigenvalue weighted by molar-refractivity contribution is 7.86. The number of aliphatic hydroxyl groups is 1. The minimum absolute atomic E-state index is 0.0320. The summed E-state index contributed by atoms with van der Waals surface area (Å²) in [7, 11) is -3.62. The first kappa shape index (κ1) is 13.7. The van der Waals surface area contributed by atoms with Crippen LogP contribution in [-0.4, -0.2) is 65.5 Å². The maximum absolute atomic E-state index is 12.2. The second-order valence-electron chi connectivity index (χ2n) is 4.84. The Kier molecular flexibility index (Phi) is 3.90. The van der Waals surface area contributed by atoms with Crippen molar-refractivity contribution in [2.24, 2.45) is 5.92 Å². The third-order valence-corrected chi connectivity index (χ3v) is 5.48. The molecule has 0 spiro atoms. The third-order valence-electron chi connectivity index (χ3n) is 3.51. The van der Waals surface area contributed by atoms with Gasteiger partial charge in [0.1, 0.15) is 0 Å². The fraction of sp³-hybridized carbons (Fsp3) is 0.900. The average Bonchev–Trinajstić information content (AvgIpc) is 2.77. The molecular formula is C10H18N2O5S. The van der Waals surface area contributed by atoms with E-state index in [1.807, 2.05) is 0 Å². The predicted octanol–water partition coefficient (Wildman–Crippen LogP) is -0.906. The van der Waals surface area contributed by atoms with Gasteiger partial charge in [0, 0.05) is 26.2 Å². The number of rotatable bonds is 3. The van der Waals surface area contributed by atoms with Gasteiger partial charge in [0.2, 0.25) is 0 Å². The molecule has 18 heavy (non-hydrogen) atoms. The molecule has 104 valence electrons. The molecule has 2 aliphatic rings. The van der Waals surface area contributed by atoms with E-state index in [-0.39, 0.29) is 13.1 Å². The number of nitrogens with zero attached hydrogens (tertiary/aromatic N) is 2. The molecule has 0 saturated carbocycles. The predicted molar refractivity (Wildman–Crippen MR) is 63.0 cm³/mol. The van der Waals surface area contributed by atoms with Crippen molar-refractivity contribution < 1.29 is 23.4 Å². The Labute approximate surface area is 106 Å². The highest BCUT2D eigenvalue weighted by Gasteiger charge is 2.38. The topological polar surface area (TPSA) is 98.2 Å². The number of carbonyl (C=O) groups is 1. The number of carboxylic acid groups (broad SMARTS) is 1. The molecule has 2 N–H and O–H groups in total. The fourth-order valence-electron chi connectivity index (χ4n) is 2.44. The molecular weight excluding hydrogens is 260 g/mol. The van der Waals surface area contributed by atoms with Crippen molar-refractivity contribution in [2.75, 3.05) is 26.2 Å². The Morgan fingerprint density at radius 1 is 1.11 bits per heavy atom. The normalized spacial score (nSPS) is 31.6. The number of β-amino-alcohol motifs (C(OH)–C–C–N with tert-alkyl or cyclic N) is 1. The Hall–Kier alpha value is -0.700. The number of aliphatic carboxylic acids is 1. The third kappa shape index (κ3) is 2.66. The van der Waals surface area contributed by atoms with Gasteiger partial charge in [0.25, 0.3) is 10.2 Å². The quantitative estimate of drug-likeness (QED) is 0.697. The fourth-order valence-corrected chi connectivity index (χ4v) is 4.19. The van der Waals surface area contributed by atoms with E-state index in [0.29, 0.717) is 32.4 Å². The Morgan fingerprint density at radius 3 is 2.33 bits per heavy atom. The van der Waals surface area contributed by atoms with Gasteiger partial charge in [-0.15, -0.1) is 0 Å². The van der Waals surface area contributed by atoms with Gasteiger partial charge in [0.05, 0.1) is 12.0 Å². The van der Waals surface area contributed by atoms with E-state index in [4.69, 9.17) is 5.11 Å². The minimum Gasteiger partial charge on any atom is -0.481 e. The van der Waals surface area contributed by atoms with E-state index >= 15 is 0 Å². The van der Waals surface area contributed by atoms with Gasteiger partial charge >= 0.3 is 5.97 Å². The Bertz CT molecular complexity index is 424. The highest BCUT2D eigenvalue weighted by atomic mass is 32.2. The lowest BCUT2D eigenvalue weighted by molar-refractivity contribution is -0.142. The van der Waals surface area contributed by atoms with Crippen LogP contribution in [0.25, 0.3) is 0 Å². The molecule has 0 aromatic carbocycles. The number of hydrogen-bond acceptors (Lipinski definition) is 4. The summed E-state index contributed by atoms with van der Waals surface area (Å²) in [4.78, 5) is 10.9. The SMILES string of the molecule is O=C(O)C1CCCN(S(=O)(=O)N2CC[C@@H](O)C2)C1. The maximum Gasteiger partial charge on any atom is 0.307 e. The van der Waals surface area contributed by atoms with Crippen LogP contribution in [0, 0.1) is 5.92 Å². The maximum atomic E-state index is 12.2. The van der Waals surface area contributed by atoms with Gasteiger partial charge in [-0.05, 0) is 19.3 Å². The summed E-state index contributed by atoms with van der Waals surface area (Å²) in [5.41, 5.74) is 0. The molecule has 2 rings (SSSR count). The monoisotopic (exact) mass is 278 g/mol. The molecule has 0 aliphatic carbocycles. The summed E-state index contributed by atoms with van der Waals surface area (Å²) in [5, 5.41) is 18.3. The first-order valence-corrected chi connectivity index (χ1v) is 7.47. The van der Waals surface area contributed by atoms with Crippen molar-refractivity contribution >= 4 is 16.2 Å². The molecule has 1 unspecified atom stereocenters. The molecule has 8 heteroatoms. The van der Waals surface area contributed by atoms with Crippen LogP contribution in [0.5, 0.6) is 0 Å². The lowest BCUT2D eigenvalue weighted by atomic mass is 10.0. The summed E-state index contributed by atoms with van der Waals surface area (Å²) in [5.74, 6) is -1.57. The van der Waals surface area contributed by atoms with E-state index < -0.39 is 28.2 Å². The van der Waals surface area contributed by atoms with E-state index in [1.165, 1.54) is 8.61 Å². The largest absolute Gasteiger partial charge is 0.481 e. The van der Waals surface area contributed by atoms with Crippen molar-refractivity contribution in [3.8, 4) is 0 Å². The van der Waals surface area contributed by atoms with E-state index in [1.54, 1.807) is 0 Å². The molecule has 2 aliphatic heterocycles. The smallest absolute Gasteiger partial charge is 0.307 e. The molecule has 0 aromatic rings. The lowest BCUT2D eigenvalue weighted by Crippen LogP contribution is -2.48. The van der Waals surface area contributed by atoms with Gasteiger partial charge in [-0.25, -0.2) is 0 Å². The number of piperidine rings is 1. The summed E-state index contributed by atoms with van der Waals surface area (Å²) < 4.78 is 27.0. The summed E-state index contributed by atoms with van der Waals surface area (Å²) in [6.07, 6.45) is 0.909. The van der Waals surface area contributed by atoms with Crippen molar-refractivity contribution in [3.63, 3.8) is 0 Å². The highest BCUT2D eigenvalue weighted by Crippen LogP contribution is 2.23. The van der Waals surface area contributed by atoms with Gasteiger partial charge in [-0.3, -0.25) is 4.79 Å². The molecule has 0 radical (unpaired) electrons. The van der Waals surface area contributed by atoms with Gasteiger partial charge < -0.3 is 10.2 Å². The first-order valence-electron chi connectivity index (χ1n) is 6.07. The van der Waals surface area contributed by atoms with Crippen LogP contribution in [-0.2, 0) is 15.0 Å². The summed E-state index contributed by atoms with van der Waals surface area (Å²) in [6, 6.07) is 0. The second kappa shape index (κ2) is 5.12. The average molecular weight is 278 g/mol. The number of carboxylic acids is 1. The van der Waals surface area contributed by atoms with Gasteiger partial charge in [-0.1, -0.05) is 0 Å². The van der Waals surface area contributed by atoms with Crippen molar-refractivity contribution in [2.45, 2.75) is 25.4 Å². The molecule has 2 fully saturated rings. The molecule has 0 amide bonds. The Balaban J connectivity index is 2.07. The molecule has 0 bridgehead atoms. The van der Waals surface area contributed by atoms with E-state index in [2.05, 4.69) is 0 Å². The zero-order chi connectivity index (χ0) is 13.3. The van der Waals surface area contributed by atoms with Crippen LogP contribution in [0.15, 0.2) is 0 Å². The van der Waals surface area contributed by atoms with E-state index in [9.17, 15) is 18.3 Å². The van der Waals surface area contributed by atoms with Crippen LogP contribution >= 0.6 is 0 Å². The summed E-state index contributed by atoms with van der Waals surface area (Å²) in [6.45, 7) is 0.803. The summed E-state index contributed by atoms with van der Waals surface area (Å²) >= 11 is 0. The van der Waals surface area contributed by atoms with Crippen LogP contribution in [0.2, 0.25) is 0 Å². The van der Waals surface area contributed by atoms with Crippen LogP contribution < -0.4 is 0 Å². The lowest BCUT2D eigenvalue weighted by Gasteiger charge is -2.32. The van der Waals surface area contributed by atoms with E-state index in [0.717, 1.165) is 0 Å². The molecule has 7 nitrogen and oxygen atoms in total. The second-order valence-corrected chi connectivity index (χ2v) is 6.77. The van der Waals surface area contributed by atoms with Crippen LogP contribution in [0.1, 0.15) is 19.3 Å². The zero-order valence-electron chi connectivity index (χ0n) is 10.0. The Morgan fingerprint density at radius 2 is 1.78 bits per heavy atom.